The van der Waals surface area contributed by atoms with E-state index in [0.29, 0.717) is 25.7 Å². The summed E-state index contributed by atoms with van der Waals surface area (Å²) < 4.78 is 35.2. The molecule has 11 N–H and O–H groups in total. The van der Waals surface area contributed by atoms with Crippen LogP contribution in [0.5, 0.6) is 0 Å². The molecule has 0 bridgehead atoms. The highest BCUT2D eigenvalue weighted by Crippen LogP contribution is 2.76. The van der Waals surface area contributed by atoms with Crippen LogP contribution in [0.1, 0.15) is 106 Å². The molecule has 18 heteroatoms. The van der Waals surface area contributed by atoms with Gasteiger partial charge in [-0.2, -0.15) is 0 Å². The number of aliphatic hydroxyl groups is 11. The molecule has 8 rings (SSSR count). The minimum atomic E-state index is -1.81. The Bertz CT molecular complexity index is 1760. The Morgan fingerprint density at radius 1 is 0.692 bits per heavy atom. The summed E-state index contributed by atoms with van der Waals surface area (Å²) in [4.78, 5) is 14.9. The molecule has 8 aliphatic rings. The second-order valence-electron chi connectivity index (χ2n) is 22.9. The number of ether oxygens (including phenoxy) is 6. The van der Waals surface area contributed by atoms with E-state index in [4.69, 9.17) is 28.4 Å². The van der Waals surface area contributed by atoms with Crippen molar-refractivity contribution in [1.29, 1.82) is 0 Å². The van der Waals surface area contributed by atoms with Crippen molar-refractivity contribution >= 4 is 5.97 Å². The molecule has 5 aliphatic carbocycles. The van der Waals surface area contributed by atoms with E-state index in [2.05, 4.69) is 47.6 Å². The van der Waals surface area contributed by atoms with E-state index in [9.17, 15) is 61.0 Å². The summed E-state index contributed by atoms with van der Waals surface area (Å²) in [5.41, 5.74) is -1.23. The summed E-state index contributed by atoms with van der Waals surface area (Å²) in [5, 5.41) is 116. The van der Waals surface area contributed by atoms with Gasteiger partial charge in [0.05, 0.1) is 37.9 Å². The summed E-state index contributed by atoms with van der Waals surface area (Å²) in [7, 11) is 0. The van der Waals surface area contributed by atoms with Gasteiger partial charge in [0.25, 0.3) is 0 Å². The first-order valence-corrected chi connectivity index (χ1v) is 23.9. The van der Waals surface area contributed by atoms with Crippen LogP contribution in [0.15, 0.2) is 11.6 Å². The van der Waals surface area contributed by atoms with Gasteiger partial charge in [-0.05, 0) is 104 Å². The molecule has 23 atom stereocenters. The number of hydrogen-bond acceptors (Lipinski definition) is 18. The van der Waals surface area contributed by atoms with Gasteiger partial charge >= 0.3 is 5.97 Å². The molecule has 0 radical (unpaired) electrons. The van der Waals surface area contributed by atoms with Crippen LogP contribution in [-0.2, 0) is 33.2 Å². The molecular weight excluding hydrogens is 852 g/mol. The van der Waals surface area contributed by atoms with E-state index in [1.54, 1.807) is 0 Å². The third kappa shape index (κ3) is 7.89. The van der Waals surface area contributed by atoms with Crippen molar-refractivity contribution in [1.82, 2.24) is 0 Å². The van der Waals surface area contributed by atoms with Gasteiger partial charge in [-0.3, -0.25) is 4.79 Å². The summed E-state index contributed by atoms with van der Waals surface area (Å²) in [6, 6.07) is 0. The highest BCUT2D eigenvalue weighted by atomic mass is 16.7. The number of hydrogen-bond donors (Lipinski definition) is 11. The smallest absolute Gasteiger partial charge is 0.315 e. The van der Waals surface area contributed by atoms with Crippen LogP contribution in [0, 0.1) is 50.2 Å². The second-order valence-corrected chi connectivity index (χ2v) is 22.9. The van der Waals surface area contributed by atoms with Crippen molar-refractivity contribution in [2.75, 3.05) is 26.4 Å². The zero-order chi connectivity index (χ0) is 47.4. The molecule has 3 saturated heterocycles. The number of carbonyl (C=O) groups is 1. The van der Waals surface area contributed by atoms with Crippen molar-refractivity contribution in [2.24, 2.45) is 50.2 Å². The number of carbonyl (C=O) groups excluding carboxylic acids is 1. The van der Waals surface area contributed by atoms with Crippen LogP contribution in [0.2, 0.25) is 0 Å². The van der Waals surface area contributed by atoms with Crippen molar-refractivity contribution in [3.8, 4) is 0 Å². The van der Waals surface area contributed by atoms with E-state index < -0.39 is 122 Å². The predicted octanol–water partition coefficient (Wildman–Crippen LogP) is -0.248. The SMILES string of the molecule is CC1(C)CC[C@]2(C(=O)O[C@@H]3O[C@H](CO[C@@H]4O[C@H](CO)[C@@H](O)[C@H](O)[C@H]4O)[C@@H](O)[C@H](O)[C@H]3O)CC[C@]3(C)C(=CC[C@@H]4[C@@]5(C)CC[C@H](O[C@@H]6OC[C@H](O)[C@H](O)[C@H]6O)[C@@](C)(CO)[C@@H]5CC[C@]43C)[C@@H]2C1. The highest BCUT2D eigenvalue weighted by Gasteiger charge is 2.70. The molecule has 4 saturated carbocycles. The Hall–Kier alpha value is -1.43. The largest absolute Gasteiger partial charge is 0.432 e. The number of esters is 1. The quantitative estimate of drug-likeness (QED) is 0.0808. The first-order valence-electron chi connectivity index (χ1n) is 23.9. The van der Waals surface area contributed by atoms with Crippen molar-refractivity contribution in [2.45, 2.75) is 198 Å². The molecule has 0 unspecified atom stereocenters. The van der Waals surface area contributed by atoms with Gasteiger partial charge in [0.1, 0.15) is 67.1 Å². The van der Waals surface area contributed by atoms with E-state index in [1.165, 1.54) is 5.57 Å². The summed E-state index contributed by atoms with van der Waals surface area (Å²) in [6.07, 6.45) is -12.5. The Morgan fingerprint density at radius 3 is 2.00 bits per heavy atom. The van der Waals surface area contributed by atoms with Crippen molar-refractivity contribution in [3.05, 3.63) is 11.6 Å². The van der Waals surface area contributed by atoms with Crippen LogP contribution in [-0.4, -0.2) is 181 Å². The lowest BCUT2D eigenvalue weighted by Gasteiger charge is -2.71. The molecule has 0 aromatic heterocycles. The average Bonchev–Trinajstić information content (AvgIpc) is 3.26. The Labute approximate surface area is 380 Å². The van der Waals surface area contributed by atoms with Crippen LogP contribution < -0.4 is 0 Å². The molecule has 3 heterocycles. The maximum absolute atomic E-state index is 14.9. The minimum Gasteiger partial charge on any atom is -0.432 e. The topological polar surface area (TPSA) is 295 Å². The molecule has 0 amide bonds. The lowest BCUT2D eigenvalue weighted by atomic mass is 9.33. The first kappa shape index (κ1) is 50.0. The van der Waals surface area contributed by atoms with E-state index in [-0.39, 0.29) is 52.6 Å². The van der Waals surface area contributed by atoms with E-state index >= 15 is 0 Å². The fraction of sp³-hybridized carbons (Fsp3) is 0.936. The molecule has 0 aromatic carbocycles. The van der Waals surface area contributed by atoms with E-state index in [0.717, 1.165) is 38.5 Å². The zero-order valence-electron chi connectivity index (χ0n) is 38.6. The van der Waals surface area contributed by atoms with E-state index in [1.807, 2.05) is 0 Å². The van der Waals surface area contributed by atoms with Gasteiger partial charge < -0.3 is 84.6 Å². The molecule has 3 aliphatic heterocycles. The molecule has 0 aromatic rings. The standard InChI is InChI=1S/C47H76O18/c1-42(2)13-15-47(41(59)65-40-37(58)34(55)32(53)26(63-40)20-61-38-36(57)33(54)31(52)25(18-48)62-38)16-14-45(5)22(23(47)17-42)7-8-28-43(3)11-10-29(64-39-35(56)30(51)24(50)19-60-39)44(4,21-49)27(43)9-12-46(28,45)6/h7,23-40,48-58H,8-21H2,1-6H3/t23-,24-,25+,26+,27+,28+,29-,30-,31+,32+,33-,34-,35+,36+,37+,38+,39-,40-,43-,44-,45+,46+,47-/m0/s1. The maximum Gasteiger partial charge on any atom is 0.315 e. The summed E-state index contributed by atoms with van der Waals surface area (Å²) >= 11 is 0. The second kappa shape index (κ2) is 17.8. The average molecular weight is 929 g/mol. The van der Waals surface area contributed by atoms with Crippen molar-refractivity contribution in [3.63, 3.8) is 0 Å². The lowest BCUT2D eigenvalue weighted by Crippen LogP contribution is -2.67. The van der Waals surface area contributed by atoms with Crippen LogP contribution in [0.25, 0.3) is 0 Å². The van der Waals surface area contributed by atoms with Gasteiger partial charge in [0, 0.05) is 5.41 Å². The Balaban J connectivity index is 1.02. The van der Waals surface area contributed by atoms with Crippen LogP contribution in [0.4, 0.5) is 0 Å². The van der Waals surface area contributed by atoms with Crippen LogP contribution >= 0.6 is 0 Å². The normalized spacial score (nSPS) is 54.3. The van der Waals surface area contributed by atoms with Gasteiger partial charge in [-0.15, -0.1) is 0 Å². The molecule has 0 spiro atoms. The van der Waals surface area contributed by atoms with Gasteiger partial charge in [0.2, 0.25) is 6.29 Å². The Kier molecular flexibility index (Phi) is 13.7. The third-order valence-electron chi connectivity index (χ3n) is 19.0. The molecule has 372 valence electrons. The lowest BCUT2D eigenvalue weighted by molar-refractivity contribution is -0.328. The number of allylic oxidation sites excluding steroid dienone is 2. The van der Waals surface area contributed by atoms with Crippen LogP contribution in [0.3, 0.4) is 0 Å². The highest BCUT2D eigenvalue weighted by molar-refractivity contribution is 5.79. The molecular formula is C47H76O18. The number of fused-ring (bicyclic) bond motifs is 7. The fourth-order valence-electron chi connectivity index (χ4n) is 14.7. The monoisotopic (exact) mass is 929 g/mol. The predicted molar refractivity (Wildman–Crippen MR) is 226 cm³/mol. The molecule has 18 nitrogen and oxygen atoms in total. The third-order valence-corrected chi connectivity index (χ3v) is 19.0. The fourth-order valence-corrected chi connectivity index (χ4v) is 14.7. The molecule has 65 heavy (non-hydrogen) atoms. The van der Waals surface area contributed by atoms with Gasteiger partial charge in [-0.25, -0.2) is 0 Å². The summed E-state index contributed by atoms with van der Waals surface area (Å²) in [5.74, 6) is -0.485. The minimum absolute atomic E-state index is 0.0557. The molecule has 7 fully saturated rings. The van der Waals surface area contributed by atoms with Crippen molar-refractivity contribution < 1.29 is 89.4 Å². The summed E-state index contributed by atoms with van der Waals surface area (Å²) in [6.45, 7) is 12.1. The van der Waals surface area contributed by atoms with Gasteiger partial charge in [-0.1, -0.05) is 53.2 Å². The first-order chi connectivity index (χ1) is 30.4. The van der Waals surface area contributed by atoms with Gasteiger partial charge in [0.15, 0.2) is 12.6 Å². The number of aliphatic hydroxyl groups excluding tert-OH is 11. The zero-order valence-corrected chi connectivity index (χ0v) is 38.6. The maximum atomic E-state index is 14.9. The number of rotatable bonds is 9. The Morgan fingerprint density at radius 2 is 1.32 bits per heavy atom.